The van der Waals surface area contributed by atoms with Crippen molar-refractivity contribution in [3.63, 3.8) is 0 Å². The average Bonchev–Trinajstić information content (AvgIpc) is 2.42. The Morgan fingerprint density at radius 2 is 2.16 bits per heavy atom. The van der Waals surface area contributed by atoms with E-state index in [4.69, 9.17) is 9.84 Å². The molecule has 0 fully saturated rings. The molecule has 1 rings (SSSR count). The molecule has 102 valence electrons. The Morgan fingerprint density at radius 1 is 1.42 bits per heavy atom. The van der Waals surface area contributed by atoms with Gasteiger partial charge < -0.3 is 14.7 Å². The first-order chi connectivity index (χ1) is 9.04. The summed E-state index contributed by atoms with van der Waals surface area (Å²) in [4.78, 5) is 24.1. The fraction of sp³-hybridized carbons (Fsp3) is 0.286. The minimum Gasteiger partial charge on any atom is -0.478 e. The topological polar surface area (TPSA) is 66.8 Å². The van der Waals surface area contributed by atoms with E-state index < -0.39 is 5.97 Å². The van der Waals surface area contributed by atoms with Crippen LogP contribution in [0.2, 0.25) is 0 Å². The van der Waals surface area contributed by atoms with Gasteiger partial charge in [-0.05, 0) is 23.8 Å². The first kappa shape index (κ1) is 14.9. The molecule has 19 heavy (non-hydrogen) atoms. The Bertz CT molecular complexity index is 482. The van der Waals surface area contributed by atoms with E-state index in [-0.39, 0.29) is 5.91 Å². The van der Waals surface area contributed by atoms with Crippen LogP contribution < -0.4 is 0 Å². The molecule has 1 aromatic carbocycles. The van der Waals surface area contributed by atoms with Gasteiger partial charge in [-0.2, -0.15) is 0 Å². The van der Waals surface area contributed by atoms with Crippen LogP contribution in [-0.4, -0.2) is 49.2 Å². The third kappa shape index (κ3) is 4.93. The zero-order chi connectivity index (χ0) is 14.3. The van der Waals surface area contributed by atoms with Crippen molar-refractivity contribution >= 4 is 18.0 Å². The quantitative estimate of drug-likeness (QED) is 0.790. The lowest BCUT2D eigenvalue weighted by Crippen LogP contribution is -2.29. The highest BCUT2D eigenvalue weighted by atomic mass is 16.5. The Balaban J connectivity index is 2.80. The molecule has 1 aromatic rings. The van der Waals surface area contributed by atoms with Crippen LogP contribution in [0.1, 0.15) is 15.9 Å². The number of benzene rings is 1. The number of hydrogen-bond acceptors (Lipinski definition) is 3. The number of carboxylic acid groups (broad SMARTS) is 1. The van der Waals surface area contributed by atoms with Crippen molar-refractivity contribution in [2.24, 2.45) is 0 Å². The summed E-state index contributed by atoms with van der Waals surface area (Å²) in [6.07, 6.45) is 2.49. The second-order valence-corrected chi connectivity index (χ2v) is 4.02. The molecule has 1 amide bonds. The lowest BCUT2D eigenvalue weighted by atomic mass is 10.1. The number of rotatable bonds is 6. The van der Waals surface area contributed by atoms with Crippen molar-refractivity contribution in [2.45, 2.75) is 0 Å². The number of amides is 1. The number of ether oxygens (including phenoxy) is 1. The first-order valence-corrected chi connectivity index (χ1v) is 5.80. The van der Waals surface area contributed by atoms with E-state index in [0.717, 1.165) is 6.08 Å². The van der Waals surface area contributed by atoms with E-state index in [2.05, 4.69) is 0 Å². The molecule has 0 saturated heterocycles. The lowest BCUT2D eigenvalue weighted by molar-refractivity contribution is -0.131. The summed E-state index contributed by atoms with van der Waals surface area (Å²) < 4.78 is 4.92. The number of likely N-dealkylation sites (N-methyl/N-ethyl adjacent to an activating group) is 1. The summed E-state index contributed by atoms with van der Waals surface area (Å²) >= 11 is 0. The van der Waals surface area contributed by atoms with Gasteiger partial charge in [-0.25, -0.2) is 4.79 Å². The second-order valence-electron chi connectivity index (χ2n) is 4.02. The number of hydrogen-bond donors (Lipinski definition) is 1. The summed E-state index contributed by atoms with van der Waals surface area (Å²) in [6, 6.07) is 6.82. The number of carbonyl (C=O) groups excluding carboxylic acids is 1. The van der Waals surface area contributed by atoms with Gasteiger partial charge in [0.25, 0.3) is 5.91 Å². The molecule has 0 aliphatic rings. The van der Waals surface area contributed by atoms with Gasteiger partial charge in [0.15, 0.2) is 0 Å². The zero-order valence-corrected chi connectivity index (χ0v) is 11.0. The summed E-state index contributed by atoms with van der Waals surface area (Å²) in [5.41, 5.74) is 1.19. The van der Waals surface area contributed by atoms with E-state index >= 15 is 0 Å². The smallest absolute Gasteiger partial charge is 0.328 e. The molecule has 0 unspecified atom stereocenters. The predicted octanol–water partition coefficient (Wildman–Crippen LogP) is 1.50. The molecule has 0 spiro atoms. The third-order valence-corrected chi connectivity index (χ3v) is 2.53. The highest BCUT2D eigenvalue weighted by Gasteiger charge is 2.11. The van der Waals surface area contributed by atoms with Crippen LogP contribution in [0.4, 0.5) is 0 Å². The van der Waals surface area contributed by atoms with Gasteiger partial charge in [-0.15, -0.1) is 0 Å². The van der Waals surface area contributed by atoms with Crippen LogP contribution in [0.15, 0.2) is 30.3 Å². The monoisotopic (exact) mass is 263 g/mol. The lowest BCUT2D eigenvalue weighted by Gasteiger charge is -2.16. The predicted molar refractivity (Wildman–Crippen MR) is 71.9 cm³/mol. The van der Waals surface area contributed by atoms with Crippen molar-refractivity contribution in [3.05, 3.63) is 41.5 Å². The van der Waals surface area contributed by atoms with Crippen LogP contribution in [0.5, 0.6) is 0 Å². The van der Waals surface area contributed by atoms with Crippen LogP contribution in [0, 0.1) is 0 Å². The van der Waals surface area contributed by atoms with Gasteiger partial charge in [0.2, 0.25) is 0 Å². The van der Waals surface area contributed by atoms with Crippen molar-refractivity contribution in [1.29, 1.82) is 0 Å². The maximum Gasteiger partial charge on any atom is 0.328 e. The Morgan fingerprint density at radius 3 is 2.79 bits per heavy atom. The third-order valence-electron chi connectivity index (χ3n) is 2.53. The second kappa shape index (κ2) is 7.33. The molecular weight excluding hydrogens is 246 g/mol. The maximum atomic E-state index is 12.1. The molecule has 5 nitrogen and oxygen atoms in total. The van der Waals surface area contributed by atoms with Crippen molar-refractivity contribution in [2.75, 3.05) is 27.3 Å². The highest BCUT2D eigenvalue weighted by Crippen LogP contribution is 2.09. The number of aliphatic carboxylic acids is 1. The molecule has 0 heterocycles. The minimum absolute atomic E-state index is 0.123. The van der Waals surface area contributed by atoms with Crippen LogP contribution >= 0.6 is 0 Å². The fourth-order valence-electron chi connectivity index (χ4n) is 1.49. The molecule has 0 atom stereocenters. The first-order valence-electron chi connectivity index (χ1n) is 5.80. The van der Waals surface area contributed by atoms with E-state index in [1.165, 1.54) is 6.08 Å². The summed E-state index contributed by atoms with van der Waals surface area (Å²) in [7, 11) is 3.27. The van der Waals surface area contributed by atoms with Crippen molar-refractivity contribution < 1.29 is 19.4 Å². The SMILES string of the molecule is COCCN(C)C(=O)c1cccc(/C=C/C(=O)O)c1. The van der Waals surface area contributed by atoms with Gasteiger partial charge >= 0.3 is 5.97 Å². The molecule has 5 heteroatoms. The van der Waals surface area contributed by atoms with E-state index in [0.29, 0.717) is 24.3 Å². The number of nitrogens with zero attached hydrogens (tertiary/aromatic N) is 1. The molecule has 1 N–H and O–H groups in total. The Kier molecular flexibility index (Phi) is 5.75. The van der Waals surface area contributed by atoms with Gasteiger partial charge in [0, 0.05) is 32.3 Å². The Hall–Kier alpha value is -2.14. The summed E-state index contributed by atoms with van der Waals surface area (Å²) in [5, 5.41) is 8.56. The molecule has 0 aliphatic heterocycles. The van der Waals surface area contributed by atoms with Gasteiger partial charge in [0.1, 0.15) is 0 Å². The fourth-order valence-corrected chi connectivity index (χ4v) is 1.49. The number of carboxylic acids is 1. The van der Waals surface area contributed by atoms with Crippen LogP contribution in [-0.2, 0) is 9.53 Å². The van der Waals surface area contributed by atoms with E-state index in [1.807, 2.05) is 0 Å². The van der Waals surface area contributed by atoms with Crippen LogP contribution in [0.3, 0.4) is 0 Å². The maximum absolute atomic E-state index is 12.1. The van der Waals surface area contributed by atoms with E-state index in [9.17, 15) is 9.59 Å². The standard InChI is InChI=1S/C14H17NO4/c1-15(8-9-19-2)14(18)12-5-3-4-11(10-12)6-7-13(16)17/h3-7,10H,8-9H2,1-2H3,(H,16,17)/b7-6+. The molecule has 0 aliphatic carbocycles. The van der Waals surface area contributed by atoms with Gasteiger partial charge in [-0.3, -0.25) is 4.79 Å². The normalized spacial score (nSPS) is 10.6. The van der Waals surface area contributed by atoms with Crippen LogP contribution in [0.25, 0.3) is 6.08 Å². The average molecular weight is 263 g/mol. The molecule has 0 radical (unpaired) electrons. The number of methoxy groups -OCH3 is 1. The molecular formula is C14H17NO4. The molecule has 0 aromatic heterocycles. The van der Waals surface area contributed by atoms with Crippen molar-refractivity contribution in [1.82, 2.24) is 4.90 Å². The van der Waals surface area contributed by atoms with Gasteiger partial charge in [0.05, 0.1) is 6.61 Å². The zero-order valence-electron chi connectivity index (χ0n) is 11.0. The molecule has 0 bridgehead atoms. The number of carbonyl (C=O) groups is 2. The highest BCUT2D eigenvalue weighted by molar-refractivity contribution is 5.95. The Labute approximate surface area is 112 Å². The van der Waals surface area contributed by atoms with E-state index in [1.54, 1.807) is 43.3 Å². The summed E-state index contributed by atoms with van der Waals surface area (Å²) in [6.45, 7) is 0.978. The minimum atomic E-state index is -1.02. The largest absolute Gasteiger partial charge is 0.478 e. The summed E-state index contributed by atoms with van der Waals surface area (Å²) in [5.74, 6) is -1.14. The molecule has 0 saturated carbocycles. The van der Waals surface area contributed by atoms with Crippen molar-refractivity contribution in [3.8, 4) is 0 Å². The van der Waals surface area contributed by atoms with Gasteiger partial charge in [-0.1, -0.05) is 12.1 Å².